The molecular weight excluding hydrogens is 735 g/mol. The van der Waals surface area contributed by atoms with E-state index in [2.05, 4.69) is 217 Å². The third kappa shape index (κ3) is 5.47. The zero-order chi connectivity index (χ0) is 38.9. The van der Waals surface area contributed by atoms with Crippen molar-refractivity contribution in [2.45, 2.75) is 0 Å². The minimum Gasteiger partial charge on any atom is -0.455 e. The molecule has 59 heavy (non-hydrogen) atoms. The summed E-state index contributed by atoms with van der Waals surface area (Å²) >= 11 is 1.87. The summed E-state index contributed by atoms with van der Waals surface area (Å²) in [6.07, 6.45) is 0. The van der Waals surface area contributed by atoms with Gasteiger partial charge in [0.05, 0.1) is 5.69 Å². The van der Waals surface area contributed by atoms with E-state index in [0.29, 0.717) is 0 Å². The van der Waals surface area contributed by atoms with Crippen LogP contribution in [0, 0.1) is 0 Å². The first-order valence-electron chi connectivity index (χ1n) is 20.1. The Balaban J connectivity index is 1.06. The van der Waals surface area contributed by atoms with Crippen LogP contribution in [0.4, 0.5) is 17.1 Å². The highest BCUT2D eigenvalue weighted by molar-refractivity contribution is 7.26. The van der Waals surface area contributed by atoms with Gasteiger partial charge in [-0.3, -0.25) is 0 Å². The molecule has 0 unspecified atom stereocenters. The molecule has 0 saturated heterocycles. The van der Waals surface area contributed by atoms with Gasteiger partial charge in [-0.05, 0) is 92.5 Å². The third-order valence-corrected chi connectivity index (χ3v) is 13.1. The molecule has 0 aliphatic heterocycles. The normalized spacial score (nSPS) is 11.7. The molecule has 12 aromatic rings. The number of thiophene rings is 1. The maximum atomic E-state index is 6.69. The number of hydrogen-bond donors (Lipinski definition) is 0. The molecule has 0 radical (unpaired) electrons. The minimum atomic E-state index is 0.882. The zero-order valence-electron chi connectivity index (χ0n) is 32.0. The van der Waals surface area contributed by atoms with Crippen LogP contribution in [0.15, 0.2) is 217 Å². The number of furan rings is 1. The van der Waals surface area contributed by atoms with Crippen LogP contribution in [0.25, 0.3) is 97.0 Å². The fraction of sp³-hybridized carbons (Fsp3) is 0. The second kappa shape index (κ2) is 13.6. The van der Waals surface area contributed by atoms with Crippen LogP contribution in [-0.2, 0) is 0 Å². The fourth-order valence-corrected chi connectivity index (χ4v) is 10.4. The monoisotopic (exact) mass is 769 g/mol. The summed E-state index contributed by atoms with van der Waals surface area (Å²) < 4.78 is 9.32. The van der Waals surface area contributed by atoms with Gasteiger partial charge in [-0.1, -0.05) is 164 Å². The lowest BCUT2D eigenvalue weighted by Crippen LogP contribution is -2.11. The van der Waals surface area contributed by atoms with Crippen LogP contribution < -0.4 is 4.90 Å². The largest absolute Gasteiger partial charge is 0.455 e. The van der Waals surface area contributed by atoms with Crippen LogP contribution in [0.2, 0.25) is 0 Å². The summed E-state index contributed by atoms with van der Waals surface area (Å²) in [5.74, 6) is 0. The molecule has 0 saturated carbocycles. The van der Waals surface area contributed by atoms with E-state index < -0.39 is 0 Å². The SMILES string of the molecule is c1cc(-c2cccc3ccccc23)cc(N(c2ccc(-c3cccc4c3sc3ccccc34)cc2)c2ccccc2-c2cccc3oc4c5ccccc5ccc4c23)c1. The number of fused-ring (bicyclic) bond motifs is 9. The Morgan fingerprint density at radius 3 is 1.92 bits per heavy atom. The molecule has 12 rings (SSSR count). The molecule has 0 fully saturated rings. The molecule has 0 atom stereocenters. The molecule has 0 amide bonds. The number of benzene rings is 10. The lowest BCUT2D eigenvalue weighted by atomic mass is 9.95. The van der Waals surface area contributed by atoms with Gasteiger partial charge < -0.3 is 9.32 Å². The van der Waals surface area contributed by atoms with E-state index in [1.165, 1.54) is 58.6 Å². The molecule has 0 bridgehead atoms. The van der Waals surface area contributed by atoms with Crippen LogP contribution in [-0.4, -0.2) is 0 Å². The lowest BCUT2D eigenvalue weighted by Gasteiger charge is -2.28. The van der Waals surface area contributed by atoms with E-state index >= 15 is 0 Å². The molecule has 276 valence electrons. The van der Waals surface area contributed by atoms with E-state index in [1.54, 1.807) is 0 Å². The van der Waals surface area contributed by atoms with Crippen molar-refractivity contribution < 1.29 is 4.42 Å². The molecule has 2 nitrogen and oxygen atoms in total. The van der Waals surface area contributed by atoms with Gasteiger partial charge in [0.2, 0.25) is 0 Å². The predicted molar refractivity (Wildman–Crippen MR) is 253 cm³/mol. The average molecular weight is 770 g/mol. The van der Waals surface area contributed by atoms with E-state index in [9.17, 15) is 0 Å². The Morgan fingerprint density at radius 1 is 0.373 bits per heavy atom. The Hall–Kier alpha value is -7.46. The molecule has 3 heteroatoms. The highest BCUT2D eigenvalue weighted by atomic mass is 32.1. The van der Waals surface area contributed by atoms with Crippen molar-refractivity contribution in [2.75, 3.05) is 4.90 Å². The van der Waals surface area contributed by atoms with Gasteiger partial charge in [-0.2, -0.15) is 0 Å². The van der Waals surface area contributed by atoms with Gasteiger partial charge in [0.15, 0.2) is 0 Å². The highest BCUT2D eigenvalue weighted by Gasteiger charge is 2.22. The van der Waals surface area contributed by atoms with Crippen LogP contribution in [0.1, 0.15) is 0 Å². The molecule has 2 aromatic heterocycles. The second-order valence-electron chi connectivity index (χ2n) is 15.2. The van der Waals surface area contributed by atoms with E-state index in [1.807, 2.05) is 11.3 Å². The highest BCUT2D eigenvalue weighted by Crippen LogP contribution is 2.47. The first-order chi connectivity index (χ1) is 29.3. The van der Waals surface area contributed by atoms with Crippen LogP contribution >= 0.6 is 11.3 Å². The number of anilines is 3. The van der Waals surface area contributed by atoms with Crippen molar-refractivity contribution >= 4 is 92.1 Å². The van der Waals surface area contributed by atoms with Gasteiger partial charge in [-0.15, -0.1) is 11.3 Å². The van der Waals surface area contributed by atoms with E-state index in [4.69, 9.17) is 4.42 Å². The third-order valence-electron chi connectivity index (χ3n) is 11.9. The molecule has 10 aromatic carbocycles. The van der Waals surface area contributed by atoms with Crippen molar-refractivity contribution in [3.8, 4) is 33.4 Å². The van der Waals surface area contributed by atoms with E-state index in [-0.39, 0.29) is 0 Å². The number of para-hydroxylation sites is 1. The molecule has 0 aliphatic carbocycles. The number of nitrogens with zero attached hydrogens (tertiary/aromatic N) is 1. The Labute approximate surface area is 345 Å². The summed E-state index contributed by atoms with van der Waals surface area (Å²) in [6, 6.07) is 76.9. The fourth-order valence-electron chi connectivity index (χ4n) is 9.16. The van der Waals surface area contributed by atoms with Crippen molar-refractivity contribution in [2.24, 2.45) is 0 Å². The van der Waals surface area contributed by atoms with Crippen LogP contribution in [0.5, 0.6) is 0 Å². The topological polar surface area (TPSA) is 16.4 Å². The van der Waals surface area contributed by atoms with Crippen molar-refractivity contribution in [1.82, 2.24) is 0 Å². The number of rotatable bonds is 6. The molecule has 0 aliphatic rings. The maximum Gasteiger partial charge on any atom is 0.143 e. The molecule has 2 heterocycles. The standard InChI is InChI=1S/C56H35NOS/c1-3-18-42-36(13-1)15-10-22-43(42)39-16-9-17-41(35-39)57(40-32-29-38(30-33-40)45-23-11-25-49-47-21-6-8-28-53(47)59-56(45)49)51-26-7-5-20-46(51)48-24-12-27-52-54(48)50-34-31-37-14-2-4-19-44(37)55(50)58-52/h1-35H. The van der Waals surface area contributed by atoms with Crippen LogP contribution in [0.3, 0.4) is 0 Å². The first-order valence-corrected chi connectivity index (χ1v) is 20.9. The average Bonchev–Trinajstić information content (AvgIpc) is 3.89. The molecule has 0 N–H and O–H groups in total. The molecular formula is C56H35NOS. The summed E-state index contributed by atoms with van der Waals surface area (Å²) in [4.78, 5) is 2.42. The summed E-state index contributed by atoms with van der Waals surface area (Å²) in [7, 11) is 0. The summed E-state index contributed by atoms with van der Waals surface area (Å²) in [6.45, 7) is 0. The Bertz CT molecular complexity index is 3570. The lowest BCUT2D eigenvalue weighted by molar-refractivity contribution is 0.673. The van der Waals surface area contributed by atoms with Gasteiger partial charge in [0, 0.05) is 53.3 Å². The quantitative estimate of drug-likeness (QED) is 0.167. The van der Waals surface area contributed by atoms with Gasteiger partial charge in [0.25, 0.3) is 0 Å². The van der Waals surface area contributed by atoms with Crippen molar-refractivity contribution in [1.29, 1.82) is 0 Å². The van der Waals surface area contributed by atoms with Gasteiger partial charge in [-0.25, -0.2) is 0 Å². The first kappa shape index (κ1) is 33.7. The van der Waals surface area contributed by atoms with E-state index in [0.717, 1.165) is 55.5 Å². The van der Waals surface area contributed by atoms with Gasteiger partial charge >= 0.3 is 0 Å². The zero-order valence-corrected chi connectivity index (χ0v) is 32.8. The molecule has 0 spiro atoms. The summed E-state index contributed by atoms with van der Waals surface area (Å²) in [5.41, 5.74) is 12.2. The smallest absolute Gasteiger partial charge is 0.143 e. The second-order valence-corrected chi connectivity index (χ2v) is 16.3. The van der Waals surface area contributed by atoms with Gasteiger partial charge in [0.1, 0.15) is 11.2 Å². The Morgan fingerprint density at radius 2 is 1.02 bits per heavy atom. The maximum absolute atomic E-state index is 6.69. The Kier molecular flexibility index (Phi) is 7.75. The minimum absolute atomic E-state index is 0.882. The number of hydrogen-bond acceptors (Lipinski definition) is 3. The van der Waals surface area contributed by atoms with Crippen molar-refractivity contribution in [3.05, 3.63) is 212 Å². The van der Waals surface area contributed by atoms with Crippen molar-refractivity contribution in [3.63, 3.8) is 0 Å². The summed E-state index contributed by atoms with van der Waals surface area (Å²) in [5, 5.41) is 9.63. The predicted octanol–water partition coefficient (Wildman–Crippen LogP) is 16.7.